The number of hydrogen-bond donors (Lipinski definition) is 4. The van der Waals surface area contributed by atoms with Crippen molar-refractivity contribution in [2.24, 2.45) is 4.40 Å². The van der Waals surface area contributed by atoms with Gasteiger partial charge in [-0.25, -0.2) is 4.98 Å². The maximum atomic E-state index is 12.6. The summed E-state index contributed by atoms with van der Waals surface area (Å²) in [5.74, 6) is 0.863. The number of aromatic nitrogens is 1. The molecule has 0 spiro atoms. The van der Waals surface area contributed by atoms with E-state index in [9.17, 15) is 13.9 Å². The highest BCUT2D eigenvalue weighted by molar-refractivity contribution is 8.23. The molecule has 0 aliphatic heterocycles. The number of nitrogens with one attached hydrogen (secondary N) is 2. The van der Waals surface area contributed by atoms with Crippen molar-refractivity contribution in [3.8, 4) is 11.5 Å². The van der Waals surface area contributed by atoms with Gasteiger partial charge in [-0.3, -0.25) is 13.9 Å². The van der Waals surface area contributed by atoms with Gasteiger partial charge in [-0.1, -0.05) is 42.0 Å². The molecule has 5 rings (SSSR count). The molecule has 0 saturated heterocycles. The first kappa shape index (κ1) is 29.1. The minimum absolute atomic E-state index is 0.0976. The number of aryl methyl sites for hydroxylation is 1. The number of thiophene rings is 1. The molecular formula is C31H30N4O5S2. The van der Waals surface area contributed by atoms with E-state index < -0.39 is 10.8 Å². The van der Waals surface area contributed by atoms with E-state index in [4.69, 9.17) is 14.5 Å². The number of carbonyl (C=O) groups excluding carboxylic acids is 1. The lowest BCUT2D eigenvalue weighted by Crippen LogP contribution is -2.14. The van der Waals surface area contributed by atoms with Crippen LogP contribution in [0.15, 0.2) is 98.9 Å². The highest BCUT2D eigenvalue weighted by Crippen LogP contribution is 2.49. The summed E-state index contributed by atoms with van der Waals surface area (Å²) in [5.41, 5.74) is 3.76. The average Bonchev–Trinajstić information content (AvgIpc) is 3.50. The van der Waals surface area contributed by atoms with Crippen molar-refractivity contribution in [2.45, 2.75) is 18.2 Å². The van der Waals surface area contributed by atoms with Gasteiger partial charge in [0.1, 0.15) is 11.5 Å². The highest BCUT2D eigenvalue weighted by Gasteiger charge is 2.18. The van der Waals surface area contributed by atoms with Gasteiger partial charge in [0.25, 0.3) is 5.91 Å². The van der Waals surface area contributed by atoms with Crippen LogP contribution >= 0.6 is 22.1 Å². The fraction of sp³-hybridized carbons (Fsp3) is 0.129. The number of anilines is 3. The quantitative estimate of drug-likeness (QED) is 0.138. The minimum atomic E-state index is -3.76. The molecular weight excluding hydrogens is 572 g/mol. The summed E-state index contributed by atoms with van der Waals surface area (Å²) in [6.07, 6.45) is 0.703. The second kappa shape index (κ2) is 12.6. The fourth-order valence-corrected chi connectivity index (χ4v) is 6.01. The lowest BCUT2D eigenvalue weighted by atomic mass is 10.1. The van der Waals surface area contributed by atoms with Crippen molar-refractivity contribution in [1.82, 2.24) is 4.98 Å². The van der Waals surface area contributed by atoms with Gasteiger partial charge in [-0.2, -0.15) is 11.3 Å². The van der Waals surface area contributed by atoms with Crippen molar-refractivity contribution < 1.29 is 23.4 Å². The van der Waals surface area contributed by atoms with E-state index in [0.717, 1.165) is 10.9 Å². The van der Waals surface area contributed by atoms with E-state index in [-0.39, 0.29) is 16.3 Å². The van der Waals surface area contributed by atoms with Gasteiger partial charge in [-0.05, 0) is 53.8 Å². The third-order valence-corrected chi connectivity index (χ3v) is 8.45. The Labute approximate surface area is 249 Å². The van der Waals surface area contributed by atoms with Gasteiger partial charge in [0, 0.05) is 40.3 Å². The van der Waals surface area contributed by atoms with Crippen LogP contribution in [-0.4, -0.2) is 34.2 Å². The standard InChI is InChI=1S/C31H30N4O5S2/c1-4-20-14-29(32-23-15-24(39-2)18-25(16-23)40-3)30(34-28-11-6-5-10-27(20)28)35-42(37,38)26-9-7-8-22(17-26)33-31(36)21-12-13-41-19-21/h5-19,37-38H,4H2,1-3H3,(H,33,36)(H,32,34,35). The molecule has 11 heteroatoms. The Morgan fingerprint density at radius 2 is 1.71 bits per heavy atom. The summed E-state index contributed by atoms with van der Waals surface area (Å²) in [7, 11) is -0.626. The number of methoxy groups -OCH3 is 2. The Kier molecular flexibility index (Phi) is 8.74. The first-order valence-electron chi connectivity index (χ1n) is 13.0. The number of ether oxygens (including phenoxy) is 2. The molecule has 0 unspecified atom stereocenters. The van der Waals surface area contributed by atoms with Crippen LogP contribution in [0, 0.1) is 0 Å². The molecule has 2 heterocycles. The third kappa shape index (κ3) is 6.55. The van der Waals surface area contributed by atoms with E-state index in [1.54, 1.807) is 62.1 Å². The summed E-state index contributed by atoms with van der Waals surface area (Å²) in [6.45, 7) is 2.04. The van der Waals surface area contributed by atoms with Crippen LogP contribution in [0.2, 0.25) is 0 Å². The molecule has 5 aromatic rings. The van der Waals surface area contributed by atoms with E-state index in [1.165, 1.54) is 17.4 Å². The number of amides is 1. The maximum absolute atomic E-state index is 12.6. The second-order valence-electron chi connectivity index (χ2n) is 9.22. The monoisotopic (exact) mass is 602 g/mol. The molecule has 0 aliphatic rings. The van der Waals surface area contributed by atoms with Crippen LogP contribution in [0.1, 0.15) is 22.8 Å². The molecule has 42 heavy (non-hydrogen) atoms. The molecule has 0 aliphatic carbocycles. The zero-order valence-electron chi connectivity index (χ0n) is 23.2. The number of rotatable bonds is 9. The topological polar surface area (TPSA) is 125 Å². The Morgan fingerprint density at radius 3 is 2.40 bits per heavy atom. The van der Waals surface area contributed by atoms with Crippen LogP contribution in [0.5, 0.6) is 11.5 Å². The van der Waals surface area contributed by atoms with Gasteiger partial charge < -0.3 is 20.1 Å². The number of carbonyl (C=O) groups is 1. The fourth-order valence-electron chi connectivity index (χ4n) is 4.34. The Balaban J connectivity index is 1.64. The van der Waals surface area contributed by atoms with Crippen LogP contribution in [0.25, 0.3) is 10.9 Å². The molecule has 0 saturated carbocycles. The number of hydrogen-bond acceptors (Lipinski definition) is 9. The smallest absolute Gasteiger partial charge is 0.256 e. The Hall–Kier alpha value is -4.42. The number of benzene rings is 3. The molecule has 4 N–H and O–H groups in total. The zero-order valence-corrected chi connectivity index (χ0v) is 24.8. The van der Waals surface area contributed by atoms with E-state index in [0.29, 0.717) is 46.1 Å². The lowest BCUT2D eigenvalue weighted by molar-refractivity contribution is 0.102. The van der Waals surface area contributed by atoms with Gasteiger partial charge in [0.15, 0.2) is 5.49 Å². The molecule has 1 amide bonds. The largest absolute Gasteiger partial charge is 0.497 e. The average molecular weight is 603 g/mol. The minimum Gasteiger partial charge on any atom is -0.497 e. The van der Waals surface area contributed by atoms with E-state index in [2.05, 4.69) is 15.0 Å². The number of para-hydroxylation sites is 1. The van der Waals surface area contributed by atoms with Crippen LogP contribution in [0.4, 0.5) is 17.1 Å². The van der Waals surface area contributed by atoms with Crippen molar-refractivity contribution in [1.29, 1.82) is 0 Å². The first-order chi connectivity index (χ1) is 20.3. The van der Waals surface area contributed by atoms with Crippen molar-refractivity contribution in [3.63, 3.8) is 0 Å². The summed E-state index contributed by atoms with van der Waals surface area (Å²) in [4.78, 5) is 17.5. The van der Waals surface area contributed by atoms with Crippen LogP contribution in [-0.2, 0) is 6.42 Å². The maximum Gasteiger partial charge on any atom is 0.256 e. The van der Waals surface area contributed by atoms with Crippen LogP contribution in [0.3, 0.4) is 0 Å². The molecule has 0 fully saturated rings. The van der Waals surface area contributed by atoms with Gasteiger partial charge in [0.2, 0.25) is 0 Å². The Morgan fingerprint density at radius 1 is 0.952 bits per heavy atom. The predicted octanol–water partition coefficient (Wildman–Crippen LogP) is 7.50. The molecule has 0 radical (unpaired) electrons. The molecule has 0 bridgehead atoms. The summed E-state index contributed by atoms with van der Waals surface area (Å²) >= 11 is 1.42. The molecule has 216 valence electrons. The lowest BCUT2D eigenvalue weighted by Gasteiger charge is -2.26. The summed E-state index contributed by atoms with van der Waals surface area (Å²) in [6, 6.07) is 23.0. The Bertz CT molecular complexity index is 1790. The SMILES string of the molecule is CCc1cc(Nc2cc(OC)cc(OC)c2)c(=NS(O)(O)c2cccc(NC(=O)c3ccsc3)c2)nc2ccccc12. The van der Waals surface area contributed by atoms with Gasteiger partial charge in [0.05, 0.1) is 35.9 Å². The van der Waals surface area contributed by atoms with Gasteiger partial charge >= 0.3 is 0 Å². The zero-order chi connectivity index (χ0) is 29.7. The molecule has 3 aromatic carbocycles. The molecule has 0 atom stereocenters. The van der Waals surface area contributed by atoms with Crippen molar-refractivity contribution in [2.75, 3.05) is 24.9 Å². The second-order valence-corrected chi connectivity index (χ2v) is 11.7. The third-order valence-electron chi connectivity index (χ3n) is 6.45. The highest BCUT2D eigenvalue weighted by atomic mass is 32.3. The number of fused-ring (bicyclic) bond motifs is 1. The van der Waals surface area contributed by atoms with Crippen LogP contribution < -0.4 is 25.6 Å². The van der Waals surface area contributed by atoms with Gasteiger partial charge in [-0.15, -0.1) is 4.40 Å². The van der Waals surface area contributed by atoms with Crippen molar-refractivity contribution >= 4 is 56.0 Å². The molecule has 2 aromatic heterocycles. The summed E-state index contributed by atoms with van der Waals surface area (Å²) < 4.78 is 38.0. The normalized spacial score (nSPS) is 12.2. The predicted molar refractivity (Wildman–Crippen MR) is 169 cm³/mol. The summed E-state index contributed by atoms with van der Waals surface area (Å²) in [5, 5.41) is 10.6. The van der Waals surface area contributed by atoms with Crippen molar-refractivity contribution in [3.05, 3.63) is 106 Å². The number of nitrogens with zero attached hydrogens (tertiary/aromatic N) is 2. The van der Waals surface area contributed by atoms with E-state index >= 15 is 0 Å². The first-order valence-corrected chi connectivity index (χ1v) is 15.4. The molecule has 9 nitrogen and oxygen atoms in total. The van der Waals surface area contributed by atoms with E-state index in [1.807, 2.05) is 42.6 Å².